The highest BCUT2D eigenvalue weighted by Crippen LogP contribution is 2.15. The van der Waals surface area contributed by atoms with Crippen LogP contribution in [0.1, 0.15) is 77.1 Å². The predicted octanol–water partition coefficient (Wildman–Crippen LogP) is 7.45. The van der Waals surface area contributed by atoms with Gasteiger partial charge in [-0.3, -0.25) is 0 Å². The zero-order chi connectivity index (χ0) is 22.4. The van der Waals surface area contributed by atoms with Gasteiger partial charge in [-0.2, -0.15) is 0 Å². The van der Waals surface area contributed by atoms with Gasteiger partial charge in [0, 0.05) is 26.2 Å². The smallest absolute Gasteiger partial charge is 0.0231 e. The van der Waals surface area contributed by atoms with Crippen molar-refractivity contribution in [1.29, 1.82) is 0 Å². The molecule has 0 aliphatic carbocycles. The summed E-state index contributed by atoms with van der Waals surface area (Å²) in [6.07, 6.45) is 4.91. The number of nitrogens with zero attached hydrogens (tertiary/aromatic N) is 2. The third-order valence-corrected chi connectivity index (χ3v) is 5.59. The summed E-state index contributed by atoms with van der Waals surface area (Å²) in [6.45, 7) is 15.0. The maximum Gasteiger partial charge on any atom is 0.0231 e. The van der Waals surface area contributed by atoms with Crippen molar-refractivity contribution < 1.29 is 0 Å². The average molecular weight is 427 g/mol. The van der Waals surface area contributed by atoms with Crippen LogP contribution >= 0.6 is 0 Å². The summed E-state index contributed by atoms with van der Waals surface area (Å²) in [4.78, 5) is 4.83. The highest BCUT2D eigenvalue weighted by Gasteiger charge is 2.06. The molecule has 2 heteroatoms. The molecule has 176 valence electrons. The van der Waals surface area contributed by atoms with E-state index in [1.54, 1.807) is 0 Å². The summed E-state index contributed by atoms with van der Waals surface area (Å²) in [5.41, 5.74) is 5.69. The average Bonchev–Trinajstić information content (AvgIpc) is 2.76. The Morgan fingerprint density at radius 1 is 0.677 bits per heavy atom. The highest BCUT2D eigenvalue weighted by atomic mass is 15.2. The lowest BCUT2D eigenvalue weighted by molar-refractivity contribution is 0.247. The maximum absolute atomic E-state index is 2.42. The van der Waals surface area contributed by atoms with E-state index < -0.39 is 0 Å². The lowest BCUT2D eigenvalue weighted by atomic mass is 9.96. The van der Waals surface area contributed by atoms with E-state index in [9.17, 15) is 0 Å². The molecule has 0 spiro atoms. The molecule has 0 aliphatic heterocycles. The summed E-state index contributed by atoms with van der Waals surface area (Å²) >= 11 is 0. The van der Waals surface area contributed by atoms with Crippen molar-refractivity contribution in [2.45, 2.75) is 80.8 Å². The van der Waals surface area contributed by atoms with Crippen LogP contribution in [0.2, 0.25) is 0 Å². The monoisotopic (exact) mass is 426 g/mol. The van der Waals surface area contributed by atoms with Crippen molar-refractivity contribution in [3.05, 3.63) is 70.8 Å². The first-order valence-electron chi connectivity index (χ1n) is 12.0. The first kappa shape index (κ1) is 29.4. The van der Waals surface area contributed by atoms with Gasteiger partial charge in [-0.15, -0.1) is 0 Å². The first-order chi connectivity index (χ1) is 14.5. The molecular weight excluding hydrogens is 376 g/mol. The van der Waals surface area contributed by atoms with Crippen molar-refractivity contribution in [2.24, 2.45) is 5.92 Å². The Labute approximate surface area is 194 Å². The van der Waals surface area contributed by atoms with E-state index in [4.69, 9.17) is 0 Å². The summed E-state index contributed by atoms with van der Waals surface area (Å²) in [7, 11) is 4.44. The van der Waals surface area contributed by atoms with E-state index in [2.05, 4.69) is 93.2 Å². The minimum absolute atomic E-state index is 0. The van der Waals surface area contributed by atoms with Crippen molar-refractivity contribution in [2.75, 3.05) is 27.2 Å². The third kappa shape index (κ3) is 12.1. The van der Waals surface area contributed by atoms with Crippen molar-refractivity contribution in [3.63, 3.8) is 0 Å². The van der Waals surface area contributed by atoms with E-state index in [1.807, 2.05) is 13.8 Å². The van der Waals surface area contributed by atoms with Gasteiger partial charge in [0.1, 0.15) is 0 Å². The minimum Gasteiger partial charge on any atom is -0.301 e. The molecule has 0 fully saturated rings. The zero-order valence-electron chi connectivity index (χ0n) is 20.7. The van der Waals surface area contributed by atoms with Gasteiger partial charge in [0.25, 0.3) is 0 Å². The standard InChI is InChI=1S/C26H40N2.C2H6.CH4/c1-6-8-22(3)19-24-11-15-26(16-12-24)21-28(5)18-17-27(4)20-25-13-9-23(7-2)10-14-25;1-2;/h9-16,22H,6-8,17-21H2,1-5H3;1-2H3;1H4. The van der Waals surface area contributed by atoms with Gasteiger partial charge in [0.15, 0.2) is 0 Å². The number of rotatable bonds is 12. The lowest BCUT2D eigenvalue weighted by Crippen LogP contribution is -2.30. The Bertz CT molecular complexity index is 660. The van der Waals surface area contributed by atoms with Crippen LogP contribution in [0.5, 0.6) is 0 Å². The van der Waals surface area contributed by atoms with E-state index in [1.165, 1.54) is 41.5 Å². The second-order valence-corrected chi connectivity index (χ2v) is 8.56. The Morgan fingerprint density at radius 3 is 1.45 bits per heavy atom. The Morgan fingerprint density at radius 2 is 1.06 bits per heavy atom. The SMILES string of the molecule is C.CC.CCCC(C)Cc1ccc(CN(C)CCN(C)Cc2ccc(CC)cc2)cc1. The highest BCUT2D eigenvalue weighted by molar-refractivity contribution is 5.23. The fourth-order valence-corrected chi connectivity index (χ4v) is 3.78. The molecule has 0 amide bonds. The topological polar surface area (TPSA) is 6.48 Å². The van der Waals surface area contributed by atoms with Gasteiger partial charge in [0.05, 0.1) is 0 Å². The Balaban J connectivity index is 0.00000291. The molecule has 0 bridgehead atoms. The lowest BCUT2D eigenvalue weighted by Gasteiger charge is -2.22. The molecule has 2 aromatic carbocycles. The summed E-state index contributed by atoms with van der Waals surface area (Å²) in [5, 5.41) is 0. The van der Waals surface area contributed by atoms with Crippen molar-refractivity contribution in [1.82, 2.24) is 9.80 Å². The fourth-order valence-electron chi connectivity index (χ4n) is 3.78. The number of aryl methyl sites for hydroxylation is 1. The van der Waals surface area contributed by atoms with E-state index in [0.717, 1.165) is 38.5 Å². The molecule has 2 aromatic rings. The molecule has 0 heterocycles. The van der Waals surface area contributed by atoms with Gasteiger partial charge in [-0.05, 0) is 55.1 Å². The number of benzene rings is 2. The van der Waals surface area contributed by atoms with E-state index in [-0.39, 0.29) is 7.43 Å². The van der Waals surface area contributed by atoms with Crippen LogP contribution in [0.3, 0.4) is 0 Å². The predicted molar refractivity (Wildman–Crippen MR) is 141 cm³/mol. The van der Waals surface area contributed by atoms with Crippen LogP contribution in [-0.2, 0) is 25.9 Å². The van der Waals surface area contributed by atoms with Gasteiger partial charge >= 0.3 is 0 Å². The summed E-state index contributed by atoms with van der Waals surface area (Å²) in [5.74, 6) is 0.784. The largest absolute Gasteiger partial charge is 0.301 e. The molecule has 0 saturated carbocycles. The van der Waals surface area contributed by atoms with Crippen LogP contribution in [0.25, 0.3) is 0 Å². The van der Waals surface area contributed by atoms with Crippen LogP contribution in [0, 0.1) is 5.92 Å². The zero-order valence-corrected chi connectivity index (χ0v) is 20.7. The summed E-state index contributed by atoms with van der Waals surface area (Å²) in [6, 6.07) is 18.3. The Hall–Kier alpha value is -1.64. The van der Waals surface area contributed by atoms with E-state index in [0.29, 0.717) is 0 Å². The normalized spacial score (nSPS) is 11.6. The molecule has 0 radical (unpaired) electrons. The van der Waals surface area contributed by atoms with Crippen molar-refractivity contribution in [3.8, 4) is 0 Å². The van der Waals surface area contributed by atoms with Crippen LogP contribution in [0.15, 0.2) is 48.5 Å². The second kappa shape index (κ2) is 17.0. The number of hydrogen-bond acceptors (Lipinski definition) is 2. The molecular formula is C29H50N2. The van der Waals surface area contributed by atoms with Crippen LogP contribution in [-0.4, -0.2) is 37.0 Å². The molecule has 1 atom stereocenters. The maximum atomic E-state index is 2.42. The van der Waals surface area contributed by atoms with Gasteiger partial charge < -0.3 is 9.80 Å². The second-order valence-electron chi connectivity index (χ2n) is 8.56. The fraction of sp³-hybridized carbons (Fsp3) is 0.586. The molecule has 2 rings (SSSR count). The molecule has 0 N–H and O–H groups in total. The van der Waals surface area contributed by atoms with Gasteiger partial charge in [0.2, 0.25) is 0 Å². The van der Waals surface area contributed by atoms with Crippen molar-refractivity contribution >= 4 is 0 Å². The number of hydrogen-bond donors (Lipinski definition) is 0. The molecule has 0 aliphatic rings. The van der Waals surface area contributed by atoms with Crippen LogP contribution in [0.4, 0.5) is 0 Å². The molecule has 1 unspecified atom stereocenters. The molecule has 0 aromatic heterocycles. The van der Waals surface area contributed by atoms with Crippen LogP contribution < -0.4 is 0 Å². The quantitative estimate of drug-likeness (QED) is 0.347. The molecule has 0 saturated heterocycles. The minimum atomic E-state index is 0. The Kier molecular flexibility index (Phi) is 16.1. The third-order valence-electron chi connectivity index (χ3n) is 5.59. The summed E-state index contributed by atoms with van der Waals surface area (Å²) < 4.78 is 0. The number of likely N-dealkylation sites (N-methyl/N-ethyl adjacent to an activating group) is 2. The first-order valence-corrected chi connectivity index (χ1v) is 12.0. The van der Waals surface area contributed by atoms with Gasteiger partial charge in [-0.25, -0.2) is 0 Å². The van der Waals surface area contributed by atoms with Gasteiger partial charge in [-0.1, -0.05) is 103 Å². The van der Waals surface area contributed by atoms with E-state index >= 15 is 0 Å². The molecule has 31 heavy (non-hydrogen) atoms. The molecule has 2 nitrogen and oxygen atoms in total.